The Morgan fingerprint density at radius 3 is 2.70 bits per heavy atom. The van der Waals surface area contributed by atoms with Crippen molar-refractivity contribution in [1.29, 1.82) is 0 Å². The lowest BCUT2D eigenvalue weighted by Gasteiger charge is -2.13. The van der Waals surface area contributed by atoms with Crippen LogP contribution in [-0.2, 0) is 11.2 Å². The van der Waals surface area contributed by atoms with Crippen molar-refractivity contribution in [3.8, 4) is 0 Å². The summed E-state index contributed by atoms with van der Waals surface area (Å²) in [6, 6.07) is 14.5. The van der Waals surface area contributed by atoms with Crippen LogP contribution >= 0.6 is 13.5 Å². The average molecular weight is 519 g/mol. The number of aryl methyl sites for hydroxylation is 1. The first-order chi connectivity index (χ1) is 17.4. The molecule has 0 radical (unpaired) electrons. The minimum absolute atomic E-state index is 0. The Morgan fingerprint density at radius 2 is 1.92 bits per heavy atom. The molecular weight excluding hydrogens is 484 g/mol. The van der Waals surface area contributed by atoms with Crippen LogP contribution in [-0.4, -0.2) is 48.8 Å². The van der Waals surface area contributed by atoms with Crippen LogP contribution in [0.25, 0.3) is 16.7 Å². The third kappa shape index (κ3) is 5.52. The predicted octanol–water partition coefficient (Wildman–Crippen LogP) is 4.93. The minimum atomic E-state index is -0.858. The monoisotopic (exact) mass is 518 g/mol. The van der Waals surface area contributed by atoms with Gasteiger partial charge in [-0.2, -0.15) is 13.5 Å². The first-order valence-electron chi connectivity index (χ1n) is 12.7. The van der Waals surface area contributed by atoms with Crippen LogP contribution in [0.2, 0.25) is 0 Å². The van der Waals surface area contributed by atoms with Gasteiger partial charge in [0, 0.05) is 19.4 Å². The second-order valence-corrected chi connectivity index (χ2v) is 9.83. The van der Waals surface area contributed by atoms with E-state index in [4.69, 9.17) is 9.98 Å². The second-order valence-electron chi connectivity index (χ2n) is 9.83. The number of hydrogen-bond acceptors (Lipinski definition) is 7. The van der Waals surface area contributed by atoms with Gasteiger partial charge in [-0.3, -0.25) is 14.2 Å². The van der Waals surface area contributed by atoms with Gasteiger partial charge in [0.2, 0.25) is 5.65 Å². The highest BCUT2D eigenvalue weighted by Crippen LogP contribution is 2.30. The van der Waals surface area contributed by atoms with E-state index in [1.54, 1.807) is 0 Å². The molecule has 0 aliphatic carbocycles. The third-order valence-corrected chi connectivity index (χ3v) is 6.78. The summed E-state index contributed by atoms with van der Waals surface area (Å²) in [6.45, 7) is 6.37. The number of rotatable bonds is 10. The minimum Gasteiger partial charge on any atom is -0.385 e. The lowest BCUT2D eigenvalue weighted by atomic mass is 9.99. The number of aliphatic imine (C=N–C) groups is 1. The number of nitrogens with one attached hydrogen (secondary N) is 1. The van der Waals surface area contributed by atoms with Crippen LogP contribution in [0.5, 0.6) is 0 Å². The number of carbonyl (C=O) groups is 1. The number of para-hydroxylation sites is 1. The summed E-state index contributed by atoms with van der Waals surface area (Å²) in [5, 5.41) is 22.0. The Morgan fingerprint density at radius 1 is 1.11 bits per heavy atom. The van der Waals surface area contributed by atoms with Gasteiger partial charge in [-0.05, 0) is 55.0 Å². The molecule has 1 aliphatic rings. The SMILES string of the molecule is Cc1nnc2c(NCCCCCC(=O)[C@@H](O)C(C)C)nc3cc(C4=Nc5ccccc5C4)ccc3n12.S. The zero-order valence-corrected chi connectivity index (χ0v) is 22.5. The summed E-state index contributed by atoms with van der Waals surface area (Å²) in [5.74, 6) is 1.40. The maximum absolute atomic E-state index is 12.0. The van der Waals surface area contributed by atoms with Crippen molar-refractivity contribution in [3.05, 3.63) is 59.4 Å². The van der Waals surface area contributed by atoms with Crippen LogP contribution in [0.1, 0.15) is 56.5 Å². The van der Waals surface area contributed by atoms with E-state index < -0.39 is 6.10 Å². The van der Waals surface area contributed by atoms with Crippen LogP contribution in [0.4, 0.5) is 11.5 Å². The van der Waals surface area contributed by atoms with E-state index in [2.05, 4.69) is 51.9 Å². The smallest absolute Gasteiger partial charge is 0.204 e. The van der Waals surface area contributed by atoms with E-state index in [1.807, 2.05) is 31.2 Å². The van der Waals surface area contributed by atoms with Gasteiger partial charge in [0.15, 0.2) is 11.6 Å². The van der Waals surface area contributed by atoms with Gasteiger partial charge >= 0.3 is 0 Å². The summed E-state index contributed by atoms with van der Waals surface area (Å²) in [7, 11) is 0. The van der Waals surface area contributed by atoms with Gasteiger partial charge in [-0.15, -0.1) is 10.2 Å². The van der Waals surface area contributed by atoms with Gasteiger partial charge in [-0.25, -0.2) is 4.98 Å². The highest BCUT2D eigenvalue weighted by molar-refractivity contribution is 7.59. The molecule has 0 bridgehead atoms. The summed E-state index contributed by atoms with van der Waals surface area (Å²) in [6.07, 6.45) is 2.92. The molecule has 0 amide bonds. The fourth-order valence-corrected chi connectivity index (χ4v) is 4.70. The highest BCUT2D eigenvalue weighted by Gasteiger charge is 2.19. The molecular formula is C28H34N6O2S. The number of aliphatic hydroxyl groups excluding tert-OH is 1. The molecule has 2 aromatic heterocycles. The maximum Gasteiger partial charge on any atom is 0.204 e. The normalized spacial score (nSPS) is 13.5. The topological polar surface area (TPSA) is 105 Å². The van der Waals surface area contributed by atoms with Crippen LogP contribution < -0.4 is 5.32 Å². The standard InChI is InChI=1S/C28H32N6O2.H2S/c1-17(2)26(36)25(35)11-5-4-8-14-29-27-28-33-32-18(3)34(28)24-13-12-20(16-23(24)31-27)22-15-19-9-6-7-10-21(19)30-22;/h6-7,9-10,12-13,16-17,26,36H,4-5,8,11,14-15H2,1-3H3,(H,29,31);1H2/t26-;/m0./s1. The molecule has 0 fully saturated rings. The van der Waals surface area contributed by atoms with Crippen molar-refractivity contribution in [2.75, 3.05) is 11.9 Å². The number of aliphatic hydroxyl groups is 1. The van der Waals surface area contributed by atoms with Gasteiger partial charge in [-0.1, -0.05) is 44.5 Å². The van der Waals surface area contributed by atoms with Crippen molar-refractivity contribution in [2.45, 2.75) is 59.0 Å². The van der Waals surface area contributed by atoms with Crippen molar-refractivity contribution >= 4 is 53.2 Å². The first kappa shape index (κ1) is 26.8. The largest absolute Gasteiger partial charge is 0.385 e. The average Bonchev–Trinajstić information content (AvgIpc) is 3.49. The number of nitrogens with zero attached hydrogens (tertiary/aromatic N) is 5. The number of benzene rings is 2. The third-order valence-electron chi connectivity index (χ3n) is 6.78. The molecule has 5 rings (SSSR count). The molecule has 0 spiro atoms. The number of anilines is 1. The maximum atomic E-state index is 12.0. The molecule has 3 heterocycles. The van der Waals surface area contributed by atoms with E-state index in [0.717, 1.165) is 59.5 Å². The van der Waals surface area contributed by atoms with E-state index in [9.17, 15) is 9.90 Å². The molecule has 2 aromatic carbocycles. The fourth-order valence-electron chi connectivity index (χ4n) is 4.70. The van der Waals surface area contributed by atoms with Crippen molar-refractivity contribution < 1.29 is 9.90 Å². The van der Waals surface area contributed by atoms with Crippen LogP contribution in [0.3, 0.4) is 0 Å². The Hall–Kier alpha value is -3.30. The van der Waals surface area contributed by atoms with Gasteiger partial charge in [0.05, 0.1) is 22.4 Å². The molecule has 1 atom stereocenters. The number of aromatic nitrogens is 4. The molecule has 0 saturated heterocycles. The Balaban J connectivity index is 0.00000320. The fraction of sp³-hybridized carbons (Fsp3) is 0.393. The predicted molar refractivity (Wildman–Crippen MR) is 153 cm³/mol. The van der Waals surface area contributed by atoms with E-state index in [-0.39, 0.29) is 25.2 Å². The van der Waals surface area contributed by atoms with Crippen molar-refractivity contribution in [3.63, 3.8) is 0 Å². The van der Waals surface area contributed by atoms with Gasteiger partial charge in [0.1, 0.15) is 11.9 Å². The highest BCUT2D eigenvalue weighted by atomic mass is 32.1. The molecule has 0 saturated carbocycles. The number of Topliss-reactive ketones (excluding diaryl/α,β-unsaturated/α-hetero) is 1. The zero-order chi connectivity index (χ0) is 25.2. The van der Waals surface area contributed by atoms with Crippen LogP contribution in [0, 0.1) is 12.8 Å². The molecule has 9 heteroatoms. The lowest BCUT2D eigenvalue weighted by molar-refractivity contribution is -0.129. The van der Waals surface area contributed by atoms with Crippen molar-refractivity contribution in [1.82, 2.24) is 19.6 Å². The number of ketones is 1. The number of fused-ring (bicyclic) bond motifs is 4. The van der Waals surface area contributed by atoms with Gasteiger partial charge < -0.3 is 10.4 Å². The van der Waals surface area contributed by atoms with Gasteiger partial charge in [0.25, 0.3) is 0 Å². The zero-order valence-electron chi connectivity index (χ0n) is 21.5. The van der Waals surface area contributed by atoms with E-state index >= 15 is 0 Å². The van der Waals surface area contributed by atoms with E-state index in [0.29, 0.717) is 24.4 Å². The molecule has 0 unspecified atom stereocenters. The first-order valence-corrected chi connectivity index (χ1v) is 12.7. The lowest BCUT2D eigenvalue weighted by Crippen LogP contribution is -2.25. The quantitative estimate of drug-likeness (QED) is 0.288. The Bertz CT molecular complexity index is 1460. The molecule has 194 valence electrons. The summed E-state index contributed by atoms with van der Waals surface area (Å²) < 4.78 is 2.03. The molecule has 8 nitrogen and oxygen atoms in total. The van der Waals surface area contributed by atoms with Crippen LogP contribution in [0.15, 0.2) is 47.5 Å². The molecule has 4 aromatic rings. The summed E-state index contributed by atoms with van der Waals surface area (Å²) >= 11 is 0. The summed E-state index contributed by atoms with van der Waals surface area (Å²) in [4.78, 5) is 21.7. The molecule has 2 N–H and O–H groups in total. The number of unbranched alkanes of at least 4 members (excludes halogenated alkanes) is 2. The molecule has 37 heavy (non-hydrogen) atoms. The summed E-state index contributed by atoms with van der Waals surface area (Å²) in [5.41, 5.74) is 6.91. The van der Waals surface area contributed by atoms with Crippen molar-refractivity contribution in [2.24, 2.45) is 10.9 Å². The Kier molecular flexibility index (Phi) is 8.24. The number of hydrogen-bond donors (Lipinski definition) is 2. The van der Waals surface area contributed by atoms with E-state index in [1.165, 1.54) is 5.56 Å². The molecule has 1 aliphatic heterocycles. The Labute approximate surface area is 223 Å². The number of carbonyl (C=O) groups excluding carboxylic acids is 1. The second kappa shape index (κ2) is 11.4.